The quantitative estimate of drug-likeness (QED) is 0.923. The number of rotatable bonds is 5. The lowest BCUT2D eigenvalue weighted by Gasteiger charge is -2.19. The summed E-state index contributed by atoms with van der Waals surface area (Å²) in [7, 11) is 1.66. The Kier molecular flexibility index (Phi) is 4.96. The third-order valence-electron chi connectivity index (χ3n) is 3.27. The highest BCUT2D eigenvalue weighted by atomic mass is 32.1. The van der Waals surface area contributed by atoms with Gasteiger partial charge in [-0.2, -0.15) is 0 Å². The van der Waals surface area contributed by atoms with Crippen LogP contribution in [0.5, 0.6) is 0 Å². The van der Waals surface area contributed by atoms with Gasteiger partial charge in [-0.3, -0.25) is 9.59 Å². The van der Waals surface area contributed by atoms with Gasteiger partial charge in [-0.1, -0.05) is 19.9 Å². The molecule has 2 heterocycles. The molecule has 112 valence electrons. The number of aromatic nitrogens is 1. The van der Waals surface area contributed by atoms with E-state index in [1.54, 1.807) is 30.6 Å². The zero-order valence-electron chi connectivity index (χ0n) is 12.5. The molecule has 0 aromatic carbocycles. The molecule has 1 atom stereocenters. The molecular weight excluding hydrogens is 284 g/mol. The number of carbonyl (C=O) groups is 1. The van der Waals surface area contributed by atoms with Crippen molar-refractivity contribution in [3.63, 3.8) is 0 Å². The maximum Gasteiger partial charge on any atom is 0.252 e. The molecule has 1 unspecified atom stereocenters. The first-order chi connectivity index (χ1) is 9.97. The van der Waals surface area contributed by atoms with Crippen molar-refractivity contribution >= 4 is 17.2 Å². The van der Waals surface area contributed by atoms with Crippen molar-refractivity contribution in [2.45, 2.75) is 26.3 Å². The van der Waals surface area contributed by atoms with Gasteiger partial charge >= 0.3 is 0 Å². The molecule has 21 heavy (non-hydrogen) atoms. The lowest BCUT2D eigenvalue weighted by molar-refractivity contribution is 0.0932. The number of pyridine rings is 1. The van der Waals surface area contributed by atoms with E-state index >= 15 is 0 Å². The van der Waals surface area contributed by atoms with Crippen molar-refractivity contribution in [3.8, 4) is 0 Å². The van der Waals surface area contributed by atoms with Gasteiger partial charge < -0.3 is 9.88 Å². The fourth-order valence-corrected chi connectivity index (χ4v) is 2.93. The summed E-state index contributed by atoms with van der Waals surface area (Å²) >= 11 is 1.64. The fourth-order valence-electron chi connectivity index (χ4n) is 2.14. The zero-order valence-corrected chi connectivity index (χ0v) is 13.3. The molecule has 0 aliphatic carbocycles. The lowest BCUT2D eigenvalue weighted by atomic mass is 10.0. The molecule has 2 aromatic rings. The molecule has 0 saturated heterocycles. The number of nitrogens with zero attached hydrogens (tertiary/aromatic N) is 1. The van der Waals surface area contributed by atoms with E-state index < -0.39 is 0 Å². The summed E-state index contributed by atoms with van der Waals surface area (Å²) in [5, 5.41) is 5.04. The molecule has 0 radical (unpaired) electrons. The van der Waals surface area contributed by atoms with Gasteiger partial charge in [0, 0.05) is 29.8 Å². The Morgan fingerprint density at radius 3 is 2.71 bits per heavy atom. The largest absolute Gasteiger partial charge is 0.344 e. The molecule has 0 aliphatic rings. The van der Waals surface area contributed by atoms with E-state index in [1.165, 1.54) is 10.6 Å². The second kappa shape index (κ2) is 6.72. The number of thiophene rings is 1. The van der Waals surface area contributed by atoms with E-state index in [1.807, 2.05) is 17.5 Å². The Bertz CT molecular complexity index is 659. The maximum absolute atomic E-state index is 12.3. The van der Waals surface area contributed by atoms with Gasteiger partial charge in [0.05, 0.1) is 6.04 Å². The molecule has 0 saturated carbocycles. The average Bonchev–Trinajstić information content (AvgIpc) is 2.94. The molecular formula is C16H20N2O2S. The summed E-state index contributed by atoms with van der Waals surface area (Å²) < 4.78 is 1.45. The smallest absolute Gasteiger partial charge is 0.252 e. The van der Waals surface area contributed by atoms with Crippen LogP contribution in [0.4, 0.5) is 0 Å². The monoisotopic (exact) mass is 304 g/mol. The van der Waals surface area contributed by atoms with Gasteiger partial charge in [-0.15, -0.1) is 11.3 Å². The van der Waals surface area contributed by atoms with Crippen molar-refractivity contribution in [1.29, 1.82) is 0 Å². The number of amides is 1. The van der Waals surface area contributed by atoms with Crippen LogP contribution < -0.4 is 10.9 Å². The summed E-state index contributed by atoms with van der Waals surface area (Å²) in [6.45, 7) is 4.26. The average molecular weight is 304 g/mol. The molecule has 5 heteroatoms. The van der Waals surface area contributed by atoms with Crippen molar-refractivity contribution in [3.05, 3.63) is 56.6 Å². The highest BCUT2D eigenvalue weighted by Gasteiger charge is 2.18. The van der Waals surface area contributed by atoms with E-state index in [2.05, 4.69) is 19.2 Å². The van der Waals surface area contributed by atoms with Crippen molar-refractivity contribution < 1.29 is 4.79 Å². The Labute approximate surface area is 128 Å². The summed E-state index contributed by atoms with van der Waals surface area (Å²) in [4.78, 5) is 25.1. The first kappa shape index (κ1) is 15.5. The van der Waals surface area contributed by atoms with Crippen LogP contribution in [0.2, 0.25) is 0 Å². The number of carbonyl (C=O) groups excluding carboxylic acids is 1. The fraction of sp³-hybridized carbons (Fsp3) is 0.375. The first-order valence-corrected chi connectivity index (χ1v) is 7.86. The van der Waals surface area contributed by atoms with E-state index in [0.29, 0.717) is 11.5 Å². The van der Waals surface area contributed by atoms with E-state index in [4.69, 9.17) is 0 Å². The van der Waals surface area contributed by atoms with E-state index in [-0.39, 0.29) is 17.5 Å². The Balaban J connectivity index is 2.17. The van der Waals surface area contributed by atoms with Crippen molar-refractivity contribution in [1.82, 2.24) is 9.88 Å². The molecule has 0 aliphatic heterocycles. The molecule has 0 bridgehead atoms. The SMILES string of the molecule is CC(C)CC(NC(=O)c1ccn(C)c(=O)c1)c1cccs1. The maximum atomic E-state index is 12.3. The molecule has 4 nitrogen and oxygen atoms in total. The van der Waals surface area contributed by atoms with Gasteiger partial charge in [0.15, 0.2) is 0 Å². The van der Waals surface area contributed by atoms with Crippen LogP contribution in [0.1, 0.15) is 41.5 Å². The minimum Gasteiger partial charge on any atom is -0.344 e. The Hall–Kier alpha value is -1.88. The van der Waals surface area contributed by atoms with Gasteiger partial charge in [0.1, 0.15) is 0 Å². The van der Waals surface area contributed by atoms with Gasteiger partial charge in [0.25, 0.3) is 11.5 Å². The van der Waals surface area contributed by atoms with Gasteiger partial charge in [0.2, 0.25) is 0 Å². The minimum atomic E-state index is -0.202. The Morgan fingerprint density at radius 1 is 1.38 bits per heavy atom. The minimum absolute atomic E-state index is 0.0124. The normalized spacial score (nSPS) is 12.4. The topological polar surface area (TPSA) is 51.1 Å². The van der Waals surface area contributed by atoms with Crippen LogP contribution in [-0.4, -0.2) is 10.5 Å². The third-order valence-corrected chi connectivity index (χ3v) is 4.25. The number of nitrogens with one attached hydrogen (secondary N) is 1. The van der Waals surface area contributed by atoms with E-state index in [9.17, 15) is 9.59 Å². The van der Waals surface area contributed by atoms with Crippen LogP contribution in [0.3, 0.4) is 0 Å². The summed E-state index contributed by atoms with van der Waals surface area (Å²) in [5.41, 5.74) is 0.225. The molecule has 1 N–H and O–H groups in total. The summed E-state index contributed by atoms with van der Waals surface area (Å²) in [6.07, 6.45) is 2.48. The van der Waals surface area contributed by atoms with Crippen LogP contribution in [0.25, 0.3) is 0 Å². The molecule has 0 fully saturated rings. The van der Waals surface area contributed by atoms with Crippen LogP contribution >= 0.6 is 11.3 Å². The second-order valence-corrected chi connectivity index (χ2v) is 6.51. The number of hydrogen-bond acceptors (Lipinski definition) is 3. The van der Waals surface area contributed by atoms with E-state index in [0.717, 1.165) is 11.3 Å². The highest BCUT2D eigenvalue weighted by molar-refractivity contribution is 7.10. The zero-order chi connectivity index (χ0) is 15.4. The predicted molar refractivity (Wildman–Crippen MR) is 85.7 cm³/mol. The van der Waals surface area contributed by atoms with Crippen molar-refractivity contribution in [2.75, 3.05) is 0 Å². The van der Waals surface area contributed by atoms with Gasteiger partial charge in [-0.05, 0) is 29.9 Å². The standard InChI is InChI=1S/C16H20N2O2S/c1-11(2)9-13(14-5-4-8-21-14)17-16(20)12-6-7-18(3)15(19)10-12/h4-8,10-11,13H,9H2,1-3H3,(H,17,20). The van der Waals surface area contributed by atoms with Crippen LogP contribution in [-0.2, 0) is 7.05 Å². The molecule has 2 rings (SSSR count). The molecule has 2 aromatic heterocycles. The Morgan fingerprint density at radius 2 is 2.14 bits per heavy atom. The molecule has 1 amide bonds. The highest BCUT2D eigenvalue weighted by Crippen LogP contribution is 2.25. The van der Waals surface area contributed by atoms with Crippen molar-refractivity contribution in [2.24, 2.45) is 13.0 Å². The summed E-state index contributed by atoms with van der Waals surface area (Å²) in [6, 6.07) is 7.04. The third kappa shape index (κ3) is 4.04. The summed E-state index contributed by atoms with van der Waals surface area (Å²) in [5.74, 6) is 0.271. The predicted octanol–water partition coefficient (Wildman–Crippen LogP) is 2.96. The van der Waals surface area contributed by atoms with Crippen LogP contribution in [0.15, 0.2) is 40.6 Å². The molecule has 0 spiro atoms. The first-order valence-electron chi connectivity index (χ1n) is 6.98. The number of hydrogen-bond donors (Lipinski definition) is 1. The van der Waals surface area contributed by atoms with Gasteiger partial charge in [-0.25, -0.2) is 0 Å². The number of aryl methyl sites for hydroxylation is 1. The lowest BCUT2D eigenvalue weighted by Crippen LogP contribution is -2.30. The second-order valence-electron chi connectivity index (χ2n) is 5.54. The van der Waals surface area contributed by atoms with Crippen LogP contribution in [0, 0.1) is 5.92 Å².